The number of carboxylic acids is 1. The summed E-state index contributed by atoms with van der Waals surface area (Å²) in [6, 6.07) is 7.91. The van der Waals surface area contributed by atoms with Crippen molar-refractivity contribution in [3.63, 3.8) is 0 Å². The van der Waals surface area contributed by atoms with Crippen molar-refractivity contribution in [3.05, 3.63) is 52.6 Å². The summed E-state index contributed by atoms with van der Waals surface area (Å²) < 4.78 is 2.23. The number of aromatic nitrogens is 2. The van der Waals surface area contributed by atoms with Gasteiger partial charge >= 0.3 is 5.97 Å². The lowest BCUT2D eigenvalue weighted by molar-refractivity contribution is -0.139. The highest BCUT2D eigenvalue weighted by Crippen LogP contribution is 2.30. The Balaban J connectivity index is 1.60. The standard InChI is InChI=1S/C19H23N3O2/c1-21-17-9-5-4-8-16(17)20-18(21)12-22-10-13-6-2-3-7-14(13)15(11-22)19(23)24/h2-3,6-7,15H,4-5,8-12H2,1H3,(H,23,24). The van der Waals surface area contributed by atoms with Crippen molar-refractivity contribution in [3.8, 4) is 0 Å². The molecule has 0 spiro atoms. The van der Waals surface area contributed by atoms with Gasteiger partial charge in [-0.25, -0.2) is 4.98 Å². The third kappa shape index (κ3) is 2.63. The number of carboxylic acid groups (broad SMARTS) is 1. The summed E-state index contributed by atoms with van der Waals surface area (Å²) in [6.45, 7) is 2.04. The van der Waals surface area contributed by atoms with E-state index in [1.54, 1.807) is 0 Å². The Kier molecular flexibility index (Phi) is 3.88. The fraction of sp³-hybridized carbons (Fsp3) is 0.474. The molecule has 5 heteroatoms. The molecule has 5 nitrogen and oxygen atoms in total. The monoisotopic (exact) mass is 325 g/mol. The number of hydrogen-bond acceptors (Lipinski definition) is 3. The zero-order chi connectivity index (χ0) is 16.7. The summed E-state index contributed by atoms with van der Waals surface area (Å²) in [7, 11) is 2.10. The average molecular weight is 325 g/mol. The van der Waals surface area contributed by atoms with E-state index < -0.39 is 11.9 Å². The first-order valence-electron chi connectivity index (χ1n) is 8.70. The second-order valence-electron chi connectivity index (χ2n) is 6.95. The lowest BCUT2D eigenvalue weighted by Crippen LogP contribution is -2.37. The molecule has 0 radical (unpaired) electrons. The highest BCUT2D eigenvalue weighted by molar-refractivity contribution is 5.77. The van der Waals surface area contributed by atoms with Gasteiger partial charge in [-0.2, -0.15) is 0 Å². The molecule has 4 rings (SSSR count). The maximum atomic E-state index is 11.7. The van der Waals surface area contributed by atoms with E-state index in [4.69, 9.17) is 4.98 Å². The van der Waals surface area contributed by atoms with Crippen molar-refractivity contribution in [2.45, 2.75) is 44.7 Å². The van der Waals surface area contributed by atoms with Crippen LogP contribution in [0.3, 0.4) is 0 Å². The zero-order valence-electron chi connectivity index (χ0n) is 14.0. The number of aliphatic carboxylic acids is 1. The van der Waals surface area contributed by atoms with Crippen molar-refractivity contribution < 1.29 is 9.90 Å². The molecule has 1 aromatic carbocycles. The van der Waals surface area contributed by atoms with Crippen LogP contribution in [-0.2, 0) is 37.8 Å². The lowest BCUT2D eigenvalue weighted by atomic mass is 9.90. The molecule has 0 saturated heterocycles. The van der Waals surface area contributed by atoms with Crippen molar-refractivity contribution in [1.82, 2.24) is 14.5 Å². The number of hydrogen-bond donors (Lipinski definition) is 1. The maximum Gasteiger partial charge on any atom is 0.312 e. The summed E-state index contributed by atoms with van der Waals surface area (Å²) in [5.74, 6) is -0.137. The van der Waals surface area contributed by atoms with Gasteiger partial charge in [0.05, 0.1) is 18.2 Å². The molecule has 24 heavy (non-hydrogen) atoms. The molecule has 1 unspecified atom stereocenters. The van der Waals surface area contributed by atoms with E-state index in [0.717, 1.165) is 36.3 Å². The molecule has 2 aliphatic rings. The molecule has 2 aromatic rings. The summed E-state index contributed by atoms with van der Waals surface area (Å²) in [6.07, 6.45) is 4.65. The van der Waals surface area contributed by atoms with E-state index in [9.17, 15) is 9.90 Å². The molecule has 1 aliphatic carbocycles. The third-order valence-corrected chi connectivity index (χ3v) is 5.39. The Bertz CT molecular complexity index is 781. The normalized spacial score (nSPS) is 20.5. The molecule has 1 aliphatic heterocycles. The fourth-order valence-electron chi connectivity index (χ4n) is 4.09. The SMILES string of the molecule is Cn1c(CN2Cc3ccccc3C(C(=O)O)C2)nc2c1CCCC2. The zero-order valence-corrected chi connectivity index (χ0v) is 14.0. The van der Waals surface area contributed by atoms with Gasteiger partial charge < -0.3 is 9.67 Å². The third-order valence-electron chi connectivity index (χ3n) is 5.39. The van der Waals surface area contributed by atoms with Crippen LogP contribution in [0.4, 0.5) is 0 Å². The molecule has 1 atom stereocenters. The predicted octanol–water partition coefficient (Wildman–Crippen LogP) is 2.48. The van der Waals surface area contributed by atoms with Crippen molar-refractivity contribution in [1.29, 1.82) is 0 Å². The van der Waals surface area contributed by atoms with Crippen molar-refractivity contribution in [2.24, 2.45) is 7.05 Å². The number of carbonyl (C=O) groups is 1. The van der Waals surface area contributed by atoms with Gasteiger partial charge in [-0.3, -0.25) is 9.69 Å². The summed E-state index contributed by atoms with van der Waals surface area (Å²) >= 11 is 0. The summed E-state index contributed by atoms with van der Waals surface area (Å²) in [5, 5.41) is 9.61. The van der Waals surface area contributed by atoms with Crippen molar-refractivity contribution in [2.75, 3.05) is 6.54 Å². The highest BCUT2D eigenvalue weighted by Gasteiger charge is 2.31. The highest BCUT2D eigenvalue weighted by atomic mass is 16.4. The van der Waals surface area contributed by atoms with E-state index in [-0.39, 0.29) is 0 Å². The Hall–Kier alpha value is -2.14. The van der Waals surface area contributed by atoms with Crippen molar-refractivity contribution >= 4 is 5.97 Å². The van der Waals surface area contributed by atoms with Gasteiger partial charge in [-0.05, 0) is 36.8 Å². The predicted molar refractivity (Wildman–Crippen MR) is 90.8 cm³/mol. The Morgan fingerprint density at radius 1 is 1.29 bits per heavy atom. The number of benzene rings is 1. The number of imidazole rings is 1. The quantitative estimate of drug-likeness (QED) is 0.942. The Morgan fingerprint density at radius 3 is 2.88 bits per heavy atom. The second-order valence-corrected chi connectivity index (χ2v) is 6.95. The van der Waals surface area contributed by atoms with Gasteiger partial charge in [0.2, 0.25) is 0 Å². The summed E-state index contributed by atoms with van der Waals surface area (Å²) in [5.41, 5.74) is 4.69. The molecule has 1 N–H and O–H groups in total. The molecule has 1 aromatic heterocycles. The van der Waals surface area contributed by atoms with Gasteiger partial charge in [-0.1, -0.05) is 24.3 Å². The van der Waals surface area contributed by atoms with Crippen LogP contribution in [0.1, 0.15) is 47.1 Å². The van der Waals surface area contributed by atoms with Crippen LogP contribution < -0.4 is 0 Å². The minimum absolute atomic E-state index is 0.454. The van der Waals surface area contributed by atoms with Gasteiger partial charge in [0.15, 0.2) is 0 Å². The number of rotatable bonds is 3. The van der Waals surface area contributed by atoms with Crippen LogP contribution in [0.2, 0.25) is 0 Å². The smallest absolute Gasteiger partial charge is 0.312 e. The van der Waals surface area contributed by atoms with E-state index >= 15 is 0 Å². The topological polar surface area (TPSA) is 58.4 Å². The van der Waals surface area contributed by atoms with Crippen LogP contribution >= 0.6 is 0 Å². The average Bonchev–Trinajstić information content (AvgIpc) is 2.90. The number of nitrogens with zero attached hydrogens (tertiary/aromatic N) is 3. The van der Waals surface area contributed by atoms with Crippen LogP contribution in [0.5, 0.6) is 0 Å². The minimum atomic E-state index is -0.744. The Labute approximate surface area is 141 Å². The van der Waals surface area contributed by atoms with E-state index in [1.165, 1.54) is 24.2 Å². The van der Waals surface area contributed by atoms with E-state index in [2.05, 4.69) is 16.5 Å². The van der Waals surface area contributed by atoms with Crippen LogP contribution in [0, 0.1) is 0 Å². The first-order chi connectivity index (χ1) is 11.6. The fourth-order valence-corrected chi connectivity index (χ4v) is 4.09. The van der Waals surface area contributed by atoms with E-state index in [1.807, 2.05) is 24.3 Å². The lowest BCUT2D eigenvalue weighted by Gasteiger charge is -2.32. The first kappa shape index (κ1) is 15.4. The van der Waals surface area contributed by atoms with Crippen LogP contribution in [0.25, 0.3) is 0 Å². The van der Waals surface area contributed by atoms with Gasteiger partial charge in [0.25, 0.3) is 0 Å². The van der Waals surface area contributed by atoms with E-state index in [0.29, 0.717) is 13.1 Å². The molecule has 0 saturated carbocycles. The summed E-state index contributed by atoms with van der Waals surface area (Å²) in [4.78, 5) is 18.8. The van der Waals surface area contributed by atoms with Gasteiger partial charge in [0, 0.05) is 25.8 Å². The molecular formula is C19H23N3O2. The van der Waals surface area contributed by atoms with Crippen LogP contribution in [0.15, 0.2) is 24.3 Å². The molecule has 0 bridgehead atoms. The maximum absolute atomic E-state index is 11.7. The largest absolute Gasteiger partial charge is 0.481 e. The number of aryl methyl sites for hydroxylation is 1. The molecular weight excluding hydrogens is 302 g/mol. The second kappa shape index (κ2) is 6.06. The first-order valence-corrected chi connectivity index (χ1v) is 8.70. The number of fused-ring (bicyclic) bond motifs is 2. The molecule has 2 heterocycles. The molecule has 126 valence electrons. The minimum Gasteiger partial charge on any atom is -0.481 e. The molecule has 0 fully saturated rings. The Morgan fingerprint density at radius 2 is 2.08 bits per heavy atom. The van der Waals surface area contributed by atoms with Gasteiger partial charge in [-0.15, -0.1) is 0 Å². The molecule has 0 amide bonds. The van der Waals surface area contributed by atoms with Crippen LogP contribution in [-0.4, -0.2) is 32.1 Å². The van der Waals surface area contributed by atoms with Gasteiger partial charge in [0.1, 0.15) is 5.82 Å².